The van der Waals surface area contributed by atoms with Crippen molar-refractivity contribution in [3.8, 4) is 17.1 Å². The molecule has 0 atom stereocenters. The Morgan fingerprint density at radius 2 is 2.05 bits per heavy atom. The standard InChI is InChI=1S/C15H17FN4O/c1-21-13-7-6-9(8-11(13)16)14-18-12-5-3-2-4-10(12)15(19-14)20-17/h6-8H,2-5,17H2,1H3,(H,18,19,20). The van der Waals surface area contributed by atoms with E-state index in [2.05, 4.69) is 15.4 Å². The second-order valence-electron chi connectivity index (χ2n) is 5.02. The van der Waals surface area contributed by atoms with Gasteiger partial charge in [-0.1, -0.05) is 0 Å². The Morgan fingerprint density at radius 1 is 1.24 bits per heavy atom. The molecule has 0 bridgehead atoms. The highest BCUT2D eigenvalue weighted by molar-refractivity contribution is 5.61. The highest BCUT2D eigenvalue weighted by Gasteiger charge is 2.18. The number of hydrogen-bond acceptors (Lipinski definition) is 5. The summed E-state index contributed by atoms with van der Waals surface area (Å²) in [7, 11) is 1.43. The molecule has 5 nitrogen and oxygen atoms in total. The van der Waals surface area contributed by atoms with Crippen LogP contribution in [0.15, 0.2) is 18.2 Å². The first kappa shape index (κ1) is 13.8. The van der Waals surface area contributed by atoms with Gasteiger partial charge in [0.15, 0.2) is 17.4 Å². The first-order valence-corrected chi connectivity index (χ1v) is 6.93. The number of aromatic nitrogens is 2. The average molecular weight is 288 g/mol. The predicted octanol–water partition coefficient (Wildman–Crippen LogP) is 2.46. The Morgan fingerprint density at radius 3 is 2.76 bits per heavy atom. The van der Waals surface area contributed by atoms with Crippen LogP contribution in [0.3, 0.4) is 0 Å². The maximum Gasteiger partial charge on any atom is 0.165 e. The zero-order valence-electron chi connectivity index (χ0n) is 11.8. The van der Waals surface area contributed by atoms with Crippen molar-refractivity contribution in [3.63, 3.8) is 0 Å². The summed E-state index contributed by atoms with van der Waals surface area (Å²) in [5.41, 5.74) is 5.31. The van der Waals surface area contributed by atoms with Gasteiger partial charge in [-0.15, -0.1) is 0 Å². The topological polar surface area (TPSA) is 73.1 Å². The lowest BCUT2D eigenvalue weighted by molar-refractivity contribution is 0.386. The summed E-state index contributed by atoms with van der Waals surface area (Å²) in [5, 5.41) is 0. The number of nitrogens with two attached hydrogens (primary N) is 1. The number of anilines is 1. The van der Waals surface area contributed by atoms with Crippen LogP contribution in [0.5, 0.6) is 5.75 Å². The molecule has 1 aromatic carbocycles. The maximum atomic E-state index is 13.8. The zero-order valence-corrected chi connectivity index (χ0v) is 11.8. The Balaban J connectivity index is 2.08. The van der Waals surface area contributed by atoms with Crippen molar-refractivity contribution in [2.75, 3.05) is 12.5 Å². The fourth-order valence-corrected chi connectivity index (χ4v) is 2.65. The van der Waals surface area contributed by atoms with E-state index in [9.17, 15) is 4.39 Å². The molecule has 0 fully saturated rings. The summed E-state index contributed by atoms with van der Waals surface area (Å²) >= 11 is 0. The van der Waals surface area contributed by atoms with Gasteiger partial charge in [0.05, 0.1) is 7.11 Å². The van der Waals surface area contributed by atoms with Crippen molar-refractivity contribution < 1.29 is 9.13 Å². The molecule has 0 spiro atoms. The molecular formula is C15H17FN4O. The van der Waals surface area contributed by atoms with Crippen molar-refractivity contribution in [2.24, 2.45) is 5.84 Å². The van der Waals surface area contributed by atoms with Gasteiger partial charge in [0.2, 0.25) is 0 Å². The number of nitrogen functional groups attached to an aromatic ring is 1. The normalized spacial score (nSPS) is 13.7. The van der Waals surface area contributed by atoms with Crippen LogP contribution in [0.25, 0.3) is 11.4 Å². The number of nitrogens with one attached hydrogen (secondary N) is 1. The molecule has 0 unspecified atom stereocenters. The van der Waals surface area contributed by atoms with Crippen LogP contribution in [0.2, 0.25) is 0 Å². The number of fused-ring (bicyclic) bond motifs is 1. The lowest BCUT2D eigenvalue weighted by Crippen LogP contribution is -2.17. The van der Waals surface area contributed by atoms with Gasteiger partial charge in [-0.05, 0) is 43.9 Å². The molecular weight excluding hydrogens is 271 g/mol. The number of aryl methyl sites for hydroxylation is 1. The number of rotatable bonds is 3. The third-order valence-corrected chi connectivity index (χ3v) is 3.73. The van der Waals surface area contributed by atoms with E-state index >= 15 is 0 Å². The van der Waals surface area contributed by atoms with Crippen molar-refractivity contribution >= 4 is 5.82 Å². The molecule has 1 heterocycles. The van der Waals surface area contributed by atoms with Gasteiger partial charge in [0.25, 0.3) is 0 Å². The summed E-state index contributed by atoms with van der Waals surface area (Å²) in [6.45, 7) is 0. The van der Waals surface area contributed by atoms with Gasteiger partial charge in [-0.25, -0.2) is 20.2 Å². The van der Waals surface area contributed by atoms with Gasteiger partial charge in [-0.2, -0.15) is 0 Å². The molecule has 0 radical (unpaired) electrons. The van der Waals surface area contributed by atoms with E-state index in [0.717, 1.165) is 36.9 Å². The molecule has 1 aromatic heterocycles. The van der Waals surface area contributed by atoms with Crippen molar-refractivity contribution in [1.82, 2.24) is 9.97 Å². The van der Waals surface area contributed by atoms with Gasteiger partial charge >= 0.3 is 0 Å². The Bertz CT molecular complexity index is 658. The van der Waals surface area contributed by atoms with Gasteiger partial charge in [0.1, 0.15) is 5.82 Å². The lowest BCUT2D eigenvalue weighted by Gasteiger charge is -2.18. The van der Waals surface area contributed by atoms with Crippen LogP contribution < -0.4 is 16.0 Å². The molecule has 110 valence electrons. The van der Waals surface area contributed by atoms with E-state index in [-0.39, 0.29) is 5.75 Å². The molecule has 1 aliphatic rings. The zero-order chi connectivity index (χ0) is 14.8. The van der Waals surface area contributed by atoms with Crippen molar-refractivity contribution in [1.29, 1.82) is 0 Å². The smallest absolute Gasteiger partial charge is 0.165 e. The number of nitrogens with zero attached hydrogens (tertiary/aromatic N) is 2. The van der Waals surface area contributed by atoms with Crippen LogP contribution >= 0.6 is 0 Å². The third kappa shape index (κ3) is 2.54. The van der Waals surface area contributed by atoms with Crippen molar-refractivity contribution in [2.45, 2.75) is 25.7 Å². The summed E-state index contributed by atoms with van der Waals surface area (Å²) < 4.78 is 18.8. The van der Waals surface area contributed by atoms with E-state index in [1.807, 2.05) is 0 Å². The van der Waals surface area contributed by atoms with Gasteiger partial charge in [-0.3, -0.25) is 0 Å². The van der Waals surface area contributed by atoms with E-state index in [0.29, 0.717) is 17.2 Å². The summed E-state index contributed by atoms with van der Waals surface area (Å²) in [4.78, 5) is 8.99. The lowest BCUT2D eigenvalue weighted by atomic mass is 9.96. The number of hydrazine groups is 1. The van der Waals surface area contributed by atoms with E-state index in [1.165, 1.54) is 13.2 Å². The Kier molecular flexibility index (Phi) is 3.70. The number of ether oxygens (including phenoxy) is 1. The highest BCUT2D eigenvalue weighted by Crippen LogP contribution is 2.29. The minimum atomic E-state index is -0.432. The monoisotopic (exact) mass is 288 g/mol. The summed E-state index contributed by atoms with van der Waals surface area (Å²) in [6.07, 6.45) is 4.04. The molecule has 0 amide bonds. The number of halogens is 1. The molecule has 1 aliphatic carbocycles. The van der Waals surface area contributed by atoms with E-state index in [4.69, 9.17) is 10.6 Å². The first-order chi connectivity index (χ1) is 10.2. The quantitative estimate of drug-likeness (QED) is 0.670. The first-order valence-electron chi connectivity index (χ1n) is 6.93. The minimum absolute atomic E-state index is 0.203. The summed E-state index contributed by atoms with van der Waals surface area (Å²) in [5.74, 6) is 6.44. The molecule has 0 saturated carbocycles. The van der Waals surface area contributed by atoms with Crippen LogP contribution in [0.1, 0.15) is 24.1 Å². The fourth-order valence-electron chi connectivity index (χ4n) is 2.65. The SMILES string of the molecule is COc1ccc(-c2nc3c(c(NN)n2)CCCC3)cc1F. The fraction of sp³-hybridized carbons (Fsp3) is 0.333. The molecule has 2 aromatic rings. The van der Waals surface area contributed by atoms with Crippen molar-refractivity contribution in [3.05, 3.63) is 35.3 Å². The molecule has 6 heteroatoms. The molecule has 3 rings (SSSR count). The van der Waals surface area contributed by atoms with Crippen LogP contribution in [0.4, 0.5) is 10.2 Å². The Labute approximate surface area is 122 Å². The predicted molar refractivity (Wildman–Crippen MR) is 78.4 cm³/mol. The Hall–Kier alpha value is -2.21. The van der Waals surface area contributed by atoms with E-state index in [1.54, 1.807) is 12.1 Å². The average Bonchev–Trinajstić information content (AvgIpc) is 2.53. The van der Waals surface area contributed by atoms with Crippen LogP contribution in [-0.4, -0.2) is 17.1 Å². The largest absolute Gasteiger partial charge is 0.494 e. The molecule has 3 N–H and O–H groups in total. The van der Waals surface area contributed by atoms with Crippen LogP contribution in [-0.2, 0) is 12.8 Å². The third-order valence-electron chi connectivity index (χ3n) is 3.73. The van der Waals surface area contributed by atoms with E-state index < -0.39 is 5.82 Å². The molecule has 0 saturated heterocycles. The number of methoxy groups -OCH3 is 1. The van der Waals surface area contributed by atoms with Gasteiger partial charge < -0.3 is 10.2 Å². The second-order valence-corrected chi connectivity index (χ2v) is 5.02. The molecule has 21 heavy (non-hydrogen) atoms. The van der Waals surface area contributed by atoms with Crippen LogP contribution in [0, 0.1) is 5.82 Å². The minimum Gasteiger partial charge on any atom is -0.494 e. The molecule has 0 aliphatic heterocycles. The number of hydrogen-bond donors (Lipinski definition) is 2. The second kappa shape index (κ2) is 5.65. The summed E-state index contributed by atoms with van der Waals surface area (Å²) in [6, 6.07) is 4.69. The number of benzene rings is 1. The van der Waals surface area contributed by atoms with Gasteiger partial charge in [0, 0.05) is 16.8 Å². The maximum absolute atomic E-state index is 13.8. The highest BCUT2D eigenvalue weighted by atomic mass is 19.1.